The third-order valence-corrected chi connectivity index (χ3v) is 3.89. The minimum atomic E-state index is -2.71. The number of phenolic OH excluding ortho intramolecular Hbond substituents is 1. The normalized spacial score (nSPS) is 17.0. The Kier molecular flexibility index (Phi) is 8.96. The van der Waals surface area contributed by atoms with Crippen LogP contribution >= 0.6 is 40.7 Å². The predicted octanol–water partition coefficient (Wildman–Crippen LogP) is 3.35. The molecular formula is C12H16BrCl2F3N2O. The van der Waals surface area contributed by atoms with Gasteiger partial charge in [-0.1, -0.05) is 15.9 Å². The standard InChI is InChI=1S/C12H14BrF3N2O.2ClH/c13-7-1-2-8(14)11(19)9(7)10(12(15)16)18-5-3-17-4-6-18;;/h1-2,10,12,17,19H,3-6H2;2*1H/t10-;;/m0../s1. The van der Waals surface area contributed by atoms with E-state index in [9.17, 15) is 18.3 Å². The molecule has 1 fully saturated rings. The highest BCUT2D eigenvalue weighted by molar-refractivity contribution is 9.10. The number of hydrogen-bond acceptors (Lipinski definition) is 3. The van der Waals surface area contributed by atoms with Gasteiger partial charge in [0.2, 0.25) is 0 Å². The largest absolute Gasteiger partial charge is 0.505 e. The van der Waals surface area contributed by atoms with Gasteiger partial charge in [0.05, 0.1) is 0 Å². The first kappa shape index (κ1) is 20.8. The molecule has 0 aliphatic carbocycles. The molecule has 1 aromatic rings. The summed E-state index contributed by atoms with van der Waals surface area (Å²) in [5, 5.41) is 12.8. The van der Waals surface area contributed by atoms with Gasteiger partial charge in [0.15, 0.2) is 11.6 Å². The molecule has 0 saturated carbocycles. The third-order valence-electron chi connectivity index (χ3n) is 3.19. The molecule has 122 valence electrons. The average Bonchev–Trinajstić information content (AvgIpc) is 2.39. The fourth-order valence-electron chi connectivity index (χ4n) is 2.27. The number of hydrogen-bond donors (Lipinski definition) is 2. The highest BCUT2D eigenvalue weighted by Crippen LogP contribution is 2.39. The highest BCUT2D eigenvalue weighted by atomic mass is 79.9. The lowest BCUT2D eigenvalue weighted by atomic mass is 10.0. The second-order valence-corrected chi connectivity index (χ2v) is 5.21. The number of nitrogens with one attached hydrogen (secondary N) is 1. The van der Waals surface area contributed by atoms with Crippen LogP contribution in [0.25, 0.3) is 0 Å². The van der Waals surface area contributed by atoms with Crippen molar-refractivity contribution in [1.29, 1.82) is 0 Å². The van der Waals surface area contributed by atoms with Gasteiger partial charge in [0, 0.05) is 36.2 Å². The summed E-state index contributed by atoms with van der Waals surface area (Å²) in [5.41, 5.74) is -0.0862. The molecule has 0 amide bonds. The molecule has 0 aromatic heterocycles. The van der Waals surface area contributed by atoms with Crippen LogP contribution in [0.5, 0.6) is 5.75 Å². The zero-order valence-electron chi connectivity index (χ0n) is 10.9. The summed E-state index contributed by atoms with van der Waals surface area (Å²) >= 11 is 3.11. The Morgan fingerprint density at radius 2 is 1.76 bits per heavy atom. The van der Waals surface area contributed by atoms with Crippen molar-refractivity contribution in [1.82, 2.24) is 10.2 Å². The quantitative estimate of drug-likeness (QED) is 0.800. The highest BCUT2D eigenvalue weighted by Gasteiger charge is 2.34. The topological polar surface area (TPSA) is 35.5 Å². The number of rotatable bonds is 3. The van der Waals surface area contributed by atoms with Gasteiger partial charge in [0.25, 0.3) is 6.43 Å². The molecule has 1 saturated heterocycles. The van der Waals surface area contributed by atoms with E-state index in [0.717, 1.165) is 6.07 Å². The van der Waals surface area contributed by atoms with Crippen molar-refractivity contribution in [2.45, 2.75) is 12.5 Å². The lowest BCUT2D eigenvalue weighted by Gasteiger charge is -2.35. The zero-order chi connectivity index (χ0) is 14.0. The summed E-state index contributed by atoms with van der Waals surface area (Å²) < 4.78 is 40.4. The van der Waals surface area contributed by atoms with Crippen LogP contribution in [0.2, 0.25) is 0 Å². The van der Waals surface area contributed by atoms with Crippen molar-refractivity contribution in [3.63, 3.8) is 0 Å². The molecule has 2 rings (SSSR count). The molecule has 1 aliphatic rings. The summed E-state index contributed by atoms with van der Waals surface area (Å²) in [4.78, 5) is 1.56. The number of halogens is 6. The minimum Gasteiger partial charge on any atom is -0.505 e. The van der Waals surface area contributed by atoms with Crippen molar-refractivity contribution < 1.29 is 18.3 Å². The van der Waals surface area contributed by atoms with E-state index in [0.29, 0.717) is 26.2 Å². The SMILES string of the molecule is Cl.Cl.Oc1c(F)ccc(Br)c1[C@@H](C(F)F)N1CCNCC1. The Balaban J connectivity index is 0.00000200. The zero-order valence-corrected chi connectivity index (χ0v) is 14.1. The number of phenols is 1. The first-order valence-corrected chi connectivity index (χ1v) is 6.71. The van der Waals surface area contributed by atoms with Crippen molar-refractivity contribution in [3.05, 3.63) is 28.0 Å². The Morgan fingerprint density at radius 1 is 1.19 bits per heavy atom. The molecule has 0 spiro atoms. The van der Waals surface area contributed by atoms with Crippen molar-refractivity contribution >= 4 is 40.7 Å². The molecule has 3 nitrogen and oxygen atoms in total. The van der Waals surface area contributed by atoms with Crippen molar-refractivity contribution in [2.75, 3.05) is 26.2 Å². The smallest absolute Gasteiger partial charge is 0.258 e. The van der Waals surface area contributed by atoms with Crippen LogP contribution in [-0.2, 0) is 0 Å². The molecule has 1 atom stereocenters. The van der Waals surface area contributed by atoms with E-state index in [1.807, 2.05) is 0 Å². The number of nitrogens with zero attached hydrogens (tertiary/aromatic N) is 1. The van der Waals surface area contributed by atoms with Gasteiger partial charge >= 0.3 is 0 Å². The number of aromatic hydroxyl groups is 1. The fourth-order valence-corrected chi connectivity index (χ4v) is 2.82. The van der Waals surface area contributed by atoms with Gasteiger partial charge in [-0.25, -0.2) is 13.2 Å². The molecule has 0 radical (unpaired) electrons. The van der Waals surface area contributed by atoms with Crippen LogP contribution in [0.15, 0.2) is 16.6 Å². The summed E-state index contributed by atoms with van der Waals surface area (Å²) in [6.45, 7) is 2.04. The summed E-state index contributed by atoms with van der Waals surface area (Å²) in [6.07, 6.45) is -2.71. The summed E-state index contributed by atoms with van der Waals surface area (Å²) in [7, 11) is 0. The van der Waals surface area contributed by atoms with E-state index in [-0.39, 0.29) is 34.9 Å². The predicted molar refractivity (Wildman–Crippen MR) is 83.4 cm³/mol. The van der Waals surface area contributed by atoms with Gasteiger partial charge in [-0.15, -0.1) is 24.8 Å². The molecule has 0 bridgehead atoms. The van der Waals surface area contributed by atoms with Crippen LogP contribution in [0.4, 0.5) is 13.2 Å². The Labute approximate surface area is 141 Å². The molecule has 0 unspecified atom stereocenters. The van der Waals surface area contributed by atoms with Gasteiger partial charge < -0.3 is 10.4 Å². The van der Waals surface area contributed by atoms with Gasteiger partial charge in [-0.05, 0) is 12.1 Å². The van der Waals surface area contributed by atoms with Crippen LogP contribution < -0.4 is 5.32 Å². The maximum Gasteiger partial charge on any atom is 0.258 e. The molecule has 1 aliphatic heterocycles. The summed E-state index contributed by atoms with van der Waals surface area (Å²) in [6, 6.07) is 1.07. The van der Waals surface area contributed by atoms with Gasteiger partial charge in [-0.3, -0.25) is 4.90 Å². The first-order valence-electron chi connectivity index (χ1n) is 5.92. The lowest BCUT2D eigenvalue weighted by molar-refractivity contribution is 0.0164. The van der Waals surface area contributed by atoms with Gasteiger partial charge in [0.1, 0.15) is 6.04 Å². The monoisotopic (exact) mass is 410 g/mol. The molecule has 1 aromatic carbocycles. The number of benzene rings is 1. The lowest BCUT2D eigenvalue weighted by Crippen LogP contribution is -2.47. The van der Waals surface area contributed by atoms with E-state index in [1.54, 1.807) is 4.90 Å². The van der Waals surface area contributed by atoms with Crippen LogP contribution in [0, 0.1) is 5.82 Å². The van der Waals surface area contributed by atoms with Crippen LogP contribution in [0.1, 0.15) is 11.6 Å². The molecule has 2 N–H and O–H groups in total. The Bertz CT molecular complexity index is 462. The fraction of sp³-hybridized carbons (Fsp3) is 0.500. The van der Waals surface area contributed by atoms with E-state index in [2.05, 4.69) is 21.2 Å². The molecule has 1 heterocycles. The second-order valence-electron chi connectivity index (χ2n) is 4.36. The molecular weight excluding hydrogens is 396 g/mol. The van der Waals surface area contributed by atoms with Crippen LogP contribution in [-0.4, -0.2) is 42.6 Å². The van der Waals surface area contributed by atoms with E-state index in [1.165, 1.54) is 6.07 Å². The first-order chi connectivity index (χ1) is 9.02. The Hall–Kier alpha value is -0.210. The van der Waals surface area contributed by atoms with Crippen LogP contribution in [0.3, 0.4) is 0 Å². The second kappa shape index (κ2) is 9.05. The Morgan fingerprint density at radius 3 is 2.29 bits per heavy atom. The number of alkyl halides is 2. The maximum absolute atomic E-state index is 13.4. The van der Waals surface area contributed by atoms with Crippen molar-refractivity contribution in [3.8, 4) is 5.75 Å². The average molecular weight is 412 g/mol. The third kappa shape index (κ3) is 4.63. The number of piperazine rings is 1. The van der Waals surface area contributed by atoms with E-state index < -0.39 is 24.0 Å². The minimum absolute atomic E-state index is 0. The van der Waals surface area contributed by atoms with Crippen molar-refractivity contribution in [2.24, 2.45) is 0 Å². The van der Waals surface area contributed by atoms with E-state index in [4.69, 9.17) is 0 Å². The maximum atomic E-state index is 13.4. The van der Waals surface area contributed by atoms with Gasteiger partial charge in [-0.2, -0.15) is 0 Å². The molecule has 9 heteroatoms. The summed E-state index contributed by atoms with van der Waals surface area (Å²) in [5.74, 6) is -1.60. The van der Waals surface area contributed by atoms with E-state index >= 15 is 0 Å². The molecule has 21 heavy (non-hydrogen) atoms.